The Labute approximate surface area is 313 Å². The van der Waals surface area contributed by atoms with Gasteiger partial charge in [0, 0.05) is 45.6 Å². The summed E-state index contributed by atoms with van der Waals surface area (Å²) in [7, 11) is 0. The first-order valence-corrected chi connectivity index (χ1v) is 18.3. The molecule has 1 aliphatic carbocycles. The minimum atomic E-state index is -0.586. The predicted octanol–water partition coefficient (Wildman–Crippen LogP) is 12.2. The highest BCUT2D eigenvalue weighted by atomic mass is 16.5. The smallest absolute Gasteiger partial charge is 0.160 e. The fraction of sp³-hybridized carbons (Fsp3) is 0.0200. The normalized spacial score (nSPS) is 13.1. The van der Waals surface area contributed by atoms with Crippen LogP contribution in [0.1, 0.15) is 22.3 Å². The second kappa shape index (κ2) is 11.9. The number of nitrogens with zero attached hydrogens (tertiary/aromatic N) is 3. The summed E-state index contributed by atoms with van der Waals surface area (Å²) < 4.78 is 6.61. The minimum absolute atomic E-state index is 0.586. The van der Waals surface area contributed by atoms with E-state index in [-0.39, 0.29) is 0 Å². The van der Waals surface area contributed by atoms with Crippen LogP contribution in [-0.2, 0) is 5.41 Å². The average Bonchev–Trinajstić information content (AvgIpc) is 3.53. The van der Waals surface area contributed by atoms with Crippen LogP contribution in [0.2, 0.25) is 0 Å². The second-order valence-corrected chi connectivity index (χ2v) is 14.0. The van der Waals surface area contributed by atoms with Crippen LogP contribution in [0.25, 0.3) is 66.9 Å². The van der Waals surface area contributed by atoms with Crippen molar-refractivity contribution in [3.8, 4) is 67.7 Å². The molecule has 0 radical (unpaired) electrons. The average molecular weight is 690 g/mol. The highest BCUT2D eigenvalue weighted by Crippen LogP contribution is 2.62. The van der Waals surface area contributed by atoms with Crippen LogP contribution in [0.3, 0.4) is 0 Å². The first-order chi connectivity index (χ1) is 26.8. The maximum absolute atomic E-state index is 6.61. The van der Waals surface area contributed by atoms with Crippen LogP contribution < -0.4 is 4.74 Å². The lowest BCUT2D eigenvalue weighted by Gasteiger charge is -2.39. The molecule has 1 spiro atoms. The maximum Gasteiger partial charge on any atom is 0.160 e. The lowest BCUT2D eigenvalue weighted by Crippen LogP contribution is -2.32. The van der Waals surface area contributed by atoms with Gasteiger partial charge in [-0.15, -0.1) is 0 Å². The van der Waals surface area contributed by atoms with Crippen molar-refractivity contribution in [1.29, 1.82) is 0 Å². The monoisotopic (exact) mass is 689 g/mol. The molecule has 0 fully saturated rings. The van der Waals surface area contributed by atoms with E-state index < -0.39 is 5.41 Å². The SMILES string of the molecule is c1ccc(-c2cc(-c3ccccc3)nc(-c3ccc4c(c3)-c3cc(-c5cccc6cnccc56)ccc3C43c4ccccc4Oc4ccccc43)n2)cc1. The number of hydrogen-bond acceptors (Lipinski definition) is 4. The number of pyridine rings is 1. The molecular weight excluding hydrogens is 659 g/mol. The fourth-order valence-corrected chi connectivity index (χ4v) is 8.68. The minimum Gasteiger partial charge on any atom is -0.457 e. The molecule has 0 bridgehead atoms. The third-order valence-corrected chi connectivity index (χ3v) is 11.1. The Morgan fingerprint density at radius 3 is 1.63 bits per heavy atom. The Balaban J connectivity index is 1.19. The molecule has 0 atom stereocenters. The van der Waals surface area contributed by atoms with Gasteiger partial charge in [-0.3, -0.25) is 4.98 Å². The summed E-state index contributed by atoms with van der Waals surface area (Å²) >= 11 is 0. The highest BCUT2D eigenvalue weighted by molar-refractivity contribution is 5.99. The third-order valence-electron chi connectivity index (χ3n) is 11.1. The number of fused-ring (bicyclic) bond motifs is 10. The zero-order chi connectivity index (χ0) is 35.6. The molecule has 0 saturated heterocycles. The maximum atomic E-state index is 6.61. The molecule has 1 aliphatic heterocycles. The van der Waals surface area contributed by atoms with E-state index in [1.165, 1.54) is 27.6 Å². The van der Waals surface area contributed by atoms with Crippen LogP contribution in [0.4, 0.5) is 0 Å². The lowest BCUT2D eigenvalue weighted by atomic mass is 9.66. The molecule has 0 amide bonds. The van der Waals surface area contributed by atoms with Crippen molar-refractivity contribution in [3.05, 3.63) is 211 Å². The van der Waals surface area contributed by atoms with Crippen LogP contribution >= 0.6 is 0 Å². The molecule has 7 aromatic carbocycles. The predicted molar refractivity (Wildman–Crippen MR) is 216 cm³/mol. The number of aromatic nitrogens is 3. The quantitative estimate of drug-likeness (QED) is 0.185. The van der Waals surface area contributed by atoms with Gasteiger partial charge in [0.15, 0.2) is 5.82 Å². The van der Waals surface area contributed by atoms with Crippen molar-refractivity contribution in [3.63, 3.8) is 0 Å². The number of rotatable bonds is 4. The van der Waals surface area contributed by atoms with Crippen molar-refractivity contribution in [2.45, 2.75) is 5.41 Å². The van der Waals surface area contributed by atoms with E-state index >= 15 is 0 Å². The molecule has 0 N–H and O–H groups in total. The van der Waals surface area contributed by atoms with Gasteiger partial charge >= 0.3 is 0 Å². The van der Waals surface area contributed by atoms with Crippen LogP contribution in [-0.4, -0.2) is 15.0 Å². The molecule has 2 aliphatic rings. The van der Waals surface area contributed by atoms with E-state index in [0.29, 0.717) is 5.82 Å². The summed E-state index contributed by atoms with van der Waals surface area (Å²) in [6.07, 6.45) is 3.81. The van der Waals surface area contributed by atoms with Gasteiger partial charge in [0.2, 0.25) is 0 Å². The van der Waals surface area contributed by atoms with Crippen molar-refractivity contribution in [2.75, 3.05) is 0 Å². The van der Waals surface area contributed by atoms with Crippen molar-refractivity contribution in [2.24, 2.45) is 0 Å². The number of para-hydroxylation sites is 2. The van der Waals surface area contributed by atoms with Crippen molar-refractivity contribution >= 4 is 10.8 Å². The summed E-state index contributed by atoms with van der Waals surface area (Å²) in [5.41, 5.74) is 13.6. The van der Waals surface area contributed by atoms with Crippen LogP contribution in [0, 0.1) is 0 Å². The summed E-state index contributed by atoms with van der Waals surface area (Å²) in [5, 5.41) is 2.29. The van der Waals surface area contributed by atoms with Gasteiger partial charge in [-0.2, -0.15) is 0 Å². The number of ether oxygens (including phenoxy) is 1. The zero-order valence-corrected chi connectivity index (χ0v) is 29.1. The highest BCUT2D eigenvalue weighted by Gasteiger charge is 2.51. The molecule has 2 aromatic heterocycles. The van der Waals surface area contributed by atoms with E-state index in [1.54, 1.807) is 0 Å². The molecule has 9 aromatic rings. The van der Waals surface area contributed by atoms with E-state index in [9.17, 15) is 0 Å². The Morgan fingerprint density at radius 2 is 0.981 bits per heavy atom. The van der Waals surface area contributed by atoms with Gasteiger partial charge in [-0.1, -0.05) is 140 Å². The molecule has 54 heavy (non-hydrogen) atoms. The standard InChI is InChI=1S/C50H31N3O/c1-3-12-32(13-4-1)45-30-46(33-14-5-2-6-15-33)53-49(52-45)35-23-25-42-40(29-35)39-28-34(37-17-11-16-36-31-51-27-26-38(36)37)22-24-41(39)50(42)43-18-7-9-20-47(43)54-48-21-10-8-19-44(48)50/h1-31H. The molecule has 0 unspecified atom stereocenters. The van der Waals surface area contributed by atoms with Crippen molar-refractivity contribution < 1.29 is 4.74 Å². The van der Waals surface area contributed by atoms with Crippen LogP contribution in [0.15, 0.2) is 188 Å². The van der Waals surface area contributed by atoms with Gasteiger partial charge in [0.25, 0.3) is 0 Å². The van der Waals surface area contributed by atoms with E-state index in [1.807, 2.05) is 24.5 Å². The van der Waals surface area contributed by atoms with E-state index in [0.717, 1.165) is 67.2 Å². The van der Waals surface area contributed by atoms with Crippen molar-refractivity contribution in [1.82, 2.24) is 15.0 Å². The van der Waals surface area contributed by atoms with Gasteiger partial charge in [0.1, 0.15) is 11.5 Å². The first kappa shape index (κ1) is 30.5. The van der Waals surface area contributed by atoms with Gasteiger partial charge in [-0.25, -0.2) is 9.97 Å². The Morgan fingerprint density at radius 1 is 0.407 bits per heavy atom. The van der Waals surface area contributed by atoms with Gasteiger partial charge < -0.3 is 4.74 Å². The summed E-state index contributed by atoms with van der Waals surface area (Å²) in [6, 6.07) is 62.1. The van der Waals surface area contributed by atoms with E-state index in [4.69, 9.17) is 14.7 Å². The van der Waals surface area contributed by atoms with Gasteiger partial charge in [-0.05, 0) is 75.2 Å². The summed E-state index contributed by atoms with van der Waals surface area (Å²) in [5.74, 6) is 2.43. The Bertz CT molecular complexity index is 2810. The molecule has 0 saturated carbocycles. The largest absolute Gasteiger partial charge is 0.457 e. The molecule has 252 valence electrons. The lowest BCUT2D eigenvalue weighted by molar-refractivity contribution is 0.436. The fourth-order valence-electron chi connectivity index (χ4n) is 8.68. The second-order valence-electron chi connectivity index (χ2n) is 14.0. The zero-order valence-electron chi connectivity index (χ0n) is 29.1. The molecule has 4 nitrogen and oxygen atoms in total. The molecule has 11 rings (SSSR count). The summed E-state index contributed by atoms with van der Waals surface area (Å²) in [4.78, 5) is 14.8. The number of benzene rings is 7. The van der Waals surface area contributed by atoms with Crippen LogP contribution in [0.5, 0.6) is 11.5 Å². The molecule has 3 heterocycles. The first-order valence-electron chi connectivity index (χ1n) is 18.3. The Kier molecular flexibility index (Phi) is 6.73. The Hall–Kier alpha value is -7.17. The van der Waals surface area contributed by atoms with E-state index in [2.05, 4.69) is 169 Å². The van der Waals surface area contributed by atoms with Gasteiger partial charge in [0.05, 0.1) is 16.8 Å². The topological polar surface area (TPSA) is 47.9 Å². The number of hydrogen-bond donors (Lipinski definition) is 0. The third kappa shape index (κ3) is 4.53. The summed E-state index contributed by atoms with van der Waals surface area (Å²) in [6.45, 7) is 0. The molecular formula is C50H31N3O. The molecule has 4 heteroatoms.